The van der Waals surface area contributed by atoms with Gasteiger partial charge >= 0.3 is 5.97 Å². The van der Waals surface area contributed by atoms with Gasteiger partial charge in [0.2, 0.25) is 0 Å². The largest absolute Gasteiger partial charge is 0.480 e. The number of hydrogen-bond donors (Lipinski definition) is 3. The number of aromatic amines is 1. The second kappa shape index (κ2) is 7.76. The number of carboxylic acids is 1. The average Bonchev–Trinajstić information content (AvgIpc) is 3.09. The highest BCUT2D eigenvalue weighted by atomic mass is 16.6. The number of nitrogens with zero attached hydrogens (tertiary/aromatic N) is 2. The summed E-state index contributed by atoms with van der Waals surface area (Å²) in [4.78, 5) is 47.3. The number of nitro benzene ring substituents is 2. The molecule has 0 bridgehead atoms. The predicted molar refractivity (Wildman–Crippen MR) is 101 cm³/mol. The number of aromatic nitrogens is 1. The zero-order valence-electron chi connectivity index (χ0n) is 14.7. The lowest BCUT2D eigenvalue weighted by atomic mass is 10.0. The molecule has 11 nitrogen and oxygen atoms in total. The quantitative estimate of drug-likeness (QED) is 0.405. The van der Waals surface area contributed by atoms with Gasteiger partial charge in [0.25, 0.3) is 17.3 Å². The lowest BCUT2D eigenvalue weighted by Gasteiger charge is -2.14. The highest BCUT2D eigenvalue weighted by Crippen LogP contribution is 2.23. The minimum absolute atomic E-state index is 0.0535. The van der Waals surface area contributed by atoms with Crippen LogP contribution in [0.4, 0.5) is 11.4 Å². The average molecular weight is 398 g/mol. The van der Waals surface area contributed by atoms with Crippen LogP contribution in [0.2, 0.25) is 0 Å². The molecule has 3 N–H and O–H groups in total. The van der Waals surface area contributed by atoms with Crippen molar-refractivity contribution in [3.8, 4) is 0 Å². The lowest BCUT2D eigenvalue weighted by Crippen LogP contribution is -2.42. The molecule has 1 atom stereocenters. The number of fused-ring (bicyclic) bond motifs is 1. The standard InChI is InChI=1S/C18H14N4O7/c23-17(10-5-12(21(26)27)8-13(6-10)22(28)29)20-16(18(24)25)7-11-9-19-15-4-2-1-3-14(11)15/h1-6,8-9,16,19H,7H2,(H,20,23)(H,24,25). The summed E-state index contributed by atoms with van der Waals surface area (Å²) in [6, 6.07) is 8.29. The van der Waals surface area contributed by atoms with E-state index in [1.54, 1.807) is 18.3 Å². The Balaban J connectivity index is 1.87. The first-order valence-electron chi connectivity index (χ1n) is 8.29. The molecule has 3 aromatic rings. The fraction of sp³-hybridized carbons (Fsp3) is 0.111. The van der Waals surface area contributed by atoms with Crippen LogP contribution in [0.1, 0.15) is 15.9 Å². The first-order valence-corrected chi connectivity index (χ1v) is 8.29. The molecule has 1 heterocycles. The number of benzene rings is 2. The number of amides is 1. The van der Waals surface area contributed by atoms with Crippen LogP contribution in [0, 0.1) is 20.2 Å². The first-order chi connectivity index (χ1) is 13.8. The van der Waals surface area contributed by atoms with Crippen molar-refractivity contribution in [1.29, 1.82) is 0 Å². The van der Waals surface area contributed by atoms with Crippen molar-refractivity contribution >= 4 is 34.2 Å². The van der Waals surface area contributed by atoms with Gasteiger partial charge in [-0.15, -0.1) is 0 Å². The van der Waals surface area contributed by atoms with Crippen LogP contribution in [0.25, 0.3) is 10.9 Å². The van der Waals surface area contributed by atoms with E-state index in [2.05, 4.69) is 10.3 Å². The molecule has 3 rings (SSSR count). The minimum atomic E-state index is -1.35. The molecular formula is C18H14N4O7. The summed E-state index contributed by atoms with van der Waals surface area (Å²) < 4.78 is 0. The highest BCUT2D eigenvalue weighted by Gasteiger charge is 2.25. The Hall–Kier alpha value is -4.28. The number of nitrogens with one attached hydrogen (secondary N) is 2. The van der Waals surface area contributed by atoms with Crippen molar-refractivity contribution in [3.63, 3.8) is 0 Å². The number of nitro groups is 2. The normalized spacial score (nSPS) is 11.7. The van der Waals surface area contributed by atoms with Crippen molar-refractivity contribution in [2.75, 3.05) is 0 Å². The van der Waals surface area contributed by atoms with Crippen LogP contribution in [-0.2, 0) is 11.2 Å². The highest BCUT2D eigenvalue weighted by molar-refractivity contribution is 5.98. The third kappa shape index (κ3) is 4.18. The van der Waals surface area contributed by atoms with Gasteiger partial charge in [0.15, 0.2) is 0 Å². The van der Waals surface area contributed by atoms with E-state index in [-0.39, 0.29) is 12.0 Å². The zero-order chi connectivity index (χ0) is 21.1. The number of hydrogen-bond acceptors (Lipinski definition) is 6. The molecule has 148 valence electrons. The van der Waals surface area contributed by atoms with Crippen molar-refractivity contribution in [2.45, 2.75) is 12.5 Å². The SMILES string of the molecule is O=C(NC(Cc1c[nH]c2ccccc12)C(=O)O)c1cc([N+](=O)[O-])cc([N+](=O)[O-])c1. The van der Waals surface area contributed by atoms with Gasteiger partial charge in [-0.3, -0.25) is 25.0 Å². The third-order valence-corrected chi connectivity index (χ3v) is 4.29. The summed E-state index contributed by atoms with van der Waals surface area (Å²) in [6.07, 6.45) is 1.58. The van der Waals surface area contributed by atoms with Gasteiger partial charge in [0.05, 0.1) is 21.5 Å². The number of H-pyrrole nitrogens is 1. The lowest BCUT2D eigenvalue weighted by molar-refractivity contribution is -0.394. The van der Waals surface area contributed by atoms with Gasteiger partial charge in [0, 0.05) is 35.7 Å². The number of carbonyl (C=O) groups excluding carboxylic acids is 1. The Morgan fingerprint density at radius 3 is 2.28 bits per heavy atom. The number of carboxylic acid groups (broad SMARTS) is 1. The minimum Gasteiger partial charge on any atom is -0.480 e. The van der Waals surface area contributed by atoms with Gasteiger partial charge in [-0.1, -0.05) is 18.2 Å². The fourth-order valence-corrected chi connectivity index (χ4v) is 2.90. The summed E-state index contributed by atoms with van der Waals surface area (Å²) in [7, 11) is 0. The van der Waals surface area contributed by atoms with E-state index in [4.69, 9.17) is 0 Å². The van der Waals surface area contributed by atoms with E-state index in [1.807, 2.05) is 12.1 Å². The maximum atomic E-state index is 12.5. The predicted octanol–water partition coefficient (Wildman–Crippen LogP) is 2.41. The molecule has 1 unspecified atom stereocenters. The van der Waals surface area contributed by atoms with E-state index < -0.39 is 39.1 Å². The molecule has 0 saturated carbocycles. The zero-order valence-corrected chi connectivity index (χ0v) is 14.7. The molecule has 1 aromatic heterocycles. The monoisotopic (exact) mass is 398 g/mol. The van der Waals surface area contributed by atoms with E-state index in [0.29, 0.717) is 5.56 Å². The van der Waals surface area contributed by atoms with Gasteiger partial charge in [-0.25, -0.2) is 4.79 Å². The molecular weight excluding hydrogens is 384 g/mol. The molecule has 0 saturated heterocycles. The molecule has 2 aromatic carbocycles. The van der Waals surface area contributed by atoms with Crippen molar-refractivity contribution in [3.05, 3.63) is 80.0 Å². The Morgan fingerprint density at radius 1 is 1.07 bits per heavy atom. The topological polar surface area (TPSA) is 168 Å². The van der Waals surface area contributed by atoms with Crippen LogP contribution in [0.15, 0.2) is 48.7 Å². The third-order valence-electron chi connectivity index (χ3n) is 4.29. The van der Waals surface area contributed by atoms with Gasteiger partial charge in [0.1, 0.15) is 6.04 Å². The maximum Gasteiger partial charge on any atom is 0.326 e. The summed E-state index contributed by atoms with van der Waals surface area (Å²) in [5.74, 6) is -2.28. The van der Waals surface area contributed by atoms with Crippen LogP contribution < -0.4 is 5.32 Å². The molecule has 0 aliphatic rings. The Bertz CT molecular complexity index is 1110. The molecule has 0 spiro atoms. The number of rotatable bonds is 7. The Morgan fingerprint density at radius 2 is 1.69 bits per heavy atom. The number of non-ortho nitro benzene ring substituents is 2. The van der Waals surface area contributed by atoms with Gasteiger partial charge < -0.3 is 15.4 Å². The second-order valence-electron chi connectivity index (χ2n) is 6.18. The fourth-order valence-electron chi connectivity index (χ4n) is 2.90. The smallest absolute Gasteiger partial charge is 0.326 e. The summed E-state index contributed by atoms with van der Waals surface area (Å²) in [6.45, 7) is 0. The summed E-state index contributed by atoms with van der Waals surface area (Å²) in [5, 5.41) is 34.5. The Labute approximate surface area is 162 Å². The van der Waals surface area contributed by atoms with E-state index in [0.717, 1.165) is 29.1 Å². The first kappa shape index (κ1) is 19.5. The van der Waals surface area contributed by atoms with Crippen molar-refractivity contribution in [1.82, 2.24) is 10.3 Å². The van der Waals surface area contributed by atoms with Crippen LogP contribution >= 0.6 is 0 Å². The number of aliphatic carboxylic acids is 1. The molecule has 0 radical (unpaired) electrons. The maximum absolute atomic E-state index is 12.5. The molecule has 11 heteroatoms. The van der Waals surface area contributed by atoms with Crippen LogP contribution in [0.5, 0.6) is 0 Å². The van der Waals surface area contributed by atoms with Crippen molar-refractivity contribution in [2.24, 2.45) is 0 Å². The number of para-hydroxylation sites is 1. The van der Waals surface area contributed by atoms with Crippen LogP contribution in [-0.4, -0.2) is 37.9 Å². The van der Waals surface area contributed by atoms with Gasteiger partial charge in [-0.05, 0) is 11.6 Å². The molecule has 1 amide bonds. The van der Waals surface area contributed by atoms with Gasteiger partial charge in [-0.2, -0.15) is 0 Å². The Kier molecular flexibility index (Phi) is 5.21. The molecule has 0 fully saturated rings. The van der Waals surface area contributed by atoms with E-state index >= 15 is 0 Å². The molecule has 0 aliphatic heterocycles. The second-order valence-corrected chi connectivity index (χ2v) is 6.18. The van der Waals surface area contributed by atoms with E-state index in [1.165, 1.54) is 0 Å². The summed E-state index contributed by atoms with van der Waals surface area (Å²) >= 11 is 0. The van der Waals surface area contributed by atoms with E-state index in [9.17, 15) is 34.9 Å². The molecule has 0 aliphatic carbocycles. The summed E-state index contributed by atoms with van der Waals surface area (Å²) in [5.41, 5.74) is -0.220. The van der Waals surface area contributed by atoms with Crippen molar-refractivity contribution < 1.29 is 24.5 Å². The number of carbonyl (C=O) groups is 2. The molecule has 29 heavy (non-hydrogen) atoms. The van der Waals surface area contributed by atoms with Crippen LogP contribution in [0.3, 0.4) is 0 Å².